The Labute approximate surface area is 162 Å². The fourth-order valence-electron chi connectivity index (χ4n) is 3.40. The minimum Gasteiger partial charge on any atom is -0.496 e. The number of hydrogen-bond acceptors (Lipinski definition) is 4. The van der Waals surface area contributed by atoms with Crippen molar-refractivity contribution in [3.63, 3.8) is 0 Å². The maximum Gasteiger partial charge on any atom is 0.346 e. The van der Waals surface area contributed by atoms with Crippen molar-refractivity contribution in [1.82, 2.24) is 10.3 Å². The van der Waals surface area contributed by atoms with Gasteiger partial charge in [0.15, 0.2) is 0 Å². The lowest BCUT2D eigenvalue weighted by molar-refractivity contribution is -0.131. The van der Waals surface area contributed by atoms with E-state index in [0.717, 1.165) is 15.8 Å². The molecular weight excluding hydrogens is 354 g/mol. The van der Waals surface area contributed by atoms with Crippen molar-refractivity contribution in [3.8, 4) is 5.75 Å². The molecule has 0 saturated carbocycles. The first-order chi connectivity index (χ1) is 13.5. The summed E-state index contributed by atoms with van der Waals surface area (Å²) in [5, 5.41) is 9.74. The number of benzene rings is 3. The van der Waals surface area contributed by atoms with E-state index in [2.05, 4.69) is 10.4 Å². The Kier molecular flexibility index (Phi) is 4.31. The highest BCUT2D eigenvalue weighted by molar-refractivity contribution is 6.08. The highest BCUT2D eigenvalue weighted by atomic mass is 16.5. The zero-order valence-electron chi connectivity index (χ0n) is 15.5. The molecular formula is C22H19N3O3. The van der Waals surface area contributed by atoms with Crippen molar-refractivity contribution in [2.45, 2.75) is 12.5 Å². The second-order valence-electron chi connectivity index (χ2n) is 6.69. The van der Waals surface area contributed by atoms with Gasteiger partial charge in [0, 0.05) is 5.56 Å². The van der Waals surface area contributed by atoms with Crippen LogP contribution < -0.4 is 10.1 Å². The number of fused-ring (bicyclic) bond motifs is 1. The number of carbonyl (C=O) groups is 2. The summed E-state index contributed by atoms with van der Waals surface area (Å²) in [4.78, 5) is 25.4. The predicted molar refractivity (Wildman–Crippen MR) is 107 cm³/mol. The minimum absolute atomic E-state index is 0.431. The van der Waals surface area contributed by atoms with Crippen LogP contribution in [0.15, 0.2) is 71.8 Å². The van der Waals surface area contributed by atoms with Gasteiger partial charge in [0.2, 0.25) is 0 Å². The number of carbonyl (C=O) groups excluding carboxylic acids is 2. The number of urea groups is 1. The lowest BCUT2D eigenvalue weighted by atomic mass is 9.92. The van der Waals surface area contributed by atoms with Crippen LogP contribution in [-0.2, 0) is 10.3 Å². The molecule has 0 bridgehead atoms. The van der Waals surface area contributed by atoms with Gasteiger partial charge in [-0.2, -0.15) is 5.10 Å². The standard InChI is InChI=1S/C22H19N3O3/c1-22(16-9-4-3-5-10-16)20(26)25(21(27)24-22)23-14-18-17-11-7-6-8-15(17)12-13-19(18)28-2/h3-14H,1-2H3,(H,24,27)/b23-14-/t22-/m1/s1. The second kappa shape index (κ2) is 6.81. The molecule has 0 radical (unpaired) electrons. The molecule has 140 valence electrons. The molecule has 28 heavy (non-hydrogen) atoms. The average Bonchev–Trinajstić information content (AvgIpc) is 2.96. The zero-order chi connectivity index (χ0) is 19.7. The van der Waals surface area contributed by atoms with Crippen LogP contribution in [0, 0.1) is 0 Å². The molecule has 3 aromatic carbocycles. The Morgan fingerprint density at radius 1 is 1.00 bits per heavy atom. The van der Waals surface area contributed by atoms with Crippen LogP contribution in [-0.4, -0.2) is 30.3 Å². The van der Waals surface area contributed by atoms with Gasteiger partial charge in [0.1, 0.15) is 11.3 Å². The summed E-state index contributed by atoms with van der Waals surface area (Å²) in [6, 6.07) is 20.1. The first kappa shape index (κ1) is 17.7. The molecule has 3 amide bonds. The Morgan fingerprint density at radius 3 is 2.46 bits per heavy atom. The van der Waals surface area contributed by atoms with E-state index in [4.69, 9.17) is 4.74 Å². The van der Waals surface area contributed by atoms with E-state index in [-0.39, 0.29) is 0 Å². The van der Waals surface area contributed by atoms with E-state index in [1.165, 1.54) is 6.21 Å². The molecule has 1 atom stereocenters. The summed E-state index contributed by atoms with van der Waals surface area (Å²) in [5.74, 6) is 0.180. The fraction of sp³-hybridized carbons (Fsp3) is 0.136. The van der Waals surface area contributed by atoms with E-state index in [0.29, 0.717) is 16.9 Å². The van der Waals surface area contributed by atoms with Gasteiger partial charge >= 0.3 is 6.03 Å². The number of nitrogens with one attached hydrogen (secondary N) is 1. The van der Waals surface area contributed by atoms with Crippen LogP contribution in [0.25, 0.3) is 10.8 Å². The van der Waals surface area contributed by atoms with Crippen LogP contribution >= 0.6 is 0 Å². The summed E-state index contributed by atoms with van der Waals surface area (Å²) in [7, 11) is 1.57. The van der Waals surface area contributed by atoms with Gasteiger partial charge in [-0.25, -0.2) is 4.79 Å². The highest BCUT2D eigenvalue weighted by Crippen LogP contribution is 2.30. The van der Waals surface area contributed by atoms with Crippen molar-refractivity contribution in [2.24, 2.45) is 5.10 Å². The molecule has 1 aliphatic rings. The van der Waals surface area contributed by atoms with E-state index < -0.39 is 17.5 Å². The van der Waals surface area contributed by atoms with E-state index in [1.807, 2.05) is 54.6 Å². The number of methoxy groups -OCH3 is 1. The number of rotatable bonds is 4. The molecule has 6 heteroatoms. The molecule has 1 heterocycles. The molecule has 0 aliphatic carbocycles. The van der Waals surface area contributed by atoms with Gasteiger partial charge in [0.25, 0.3) is 5.91 Å². The van der Waals surface area contributed by atoms with Gasteiger partial charge < -0.3 is 10.1 Å². The van der Waals surface area contributed by atoms with Crippen molar-refractivity contribution in [2.75, 3.05) is 7.11 Å². The molecule has 3 aromatic rings. The van der Waals surface area contributed by atoms with Gasteiger partial charge in [-0.05, 0) is 29.3 Å². The first-order valence-electron chi connectivity index (χ1n) is 8.86. The fourth-order valence-corrected chi connectivity index (χ4v) is 3.40. The summed E-state index contributed by atoms with van der Waals surface area (Å²) < 4.78 is 5.44. The van der Waals surface area contributed by atoms with Gasteiger partial charge in [-0.1, -0.05) is 60.7 Å². The molecule has 4 rings (SSSR count). The monoisotopic (exact) mass is 373 g/mol. The van der Waals surface area contributed by atoms with Crippen molar-refractivity contribution in [1.29, 1.82) is 0 Å². The Morgan fingerprint density at radius 2 is 1.71 bits per heavy atom. The molecule has 0 spiro atoms. The topological polar surface area (TPSA) is 71.0 Å². The Balaban J connectivity index is 1.72. The average molecular weight is 373 g/mol. The normalized spacial score (nSPS) is 19.4. The summed E-state index contributed by atoms with van der Waals surface area (Å²) >= 11 is 0. The second-order valence-corrected chi connectivity index (χ2v) is 6.69. The number of ether oxygens (including phenoxy) is 1. The zero-order valence-corrected chi connectivity index (χ0v) is 15.5. The van der Waals surface area contributed by atoms with Crippen LogP contribution in [0.5, 0.6) is 5.75 Å². The highest BCUT2D eigenvalue weighted by Gasteiger charge is 2.49. The minimum atomic E-state index is -1.15. The summed E-state index contributed by atoms with van der Waals surface area (Å²) in [5.41, 5.74) is 0.252. The van der Waals surface area contributed by atoms with Crippen molar-refractivity contribution >= 4 is 28.9 Å². The SMILES string of the molecule is COc1ccc2ccccc2c1/C=N\N1C(=O)N[C@](C)(c2ccccc2)C1=O. The quantitative estimate of drug-likeness (QED) is 0.561. The Hall–Kier alpha value is -3.67. The summed E-state index contributed by atoms with van der Waals surface area (Å²) in [6.07, 6.45) is 1.50. The smallest absolute Gasteiger partial charge is 0.346 e. The van der Waals surface area contributed by atoms with Crippen LogP contribution in [0.3, 0.4) is 0 Å². The third-order valence-corrected chi connectivity index (χ3v) is 4.97. The molecule has 6 nitrogen and oxygen atoms in total. The lowest BCUT2D eigenvalue weighted by Crippen LogP contribution is -2.40. The van der Waals surface area contributed by atoms with Crippen molar-refractivity contribution < 1.29 is 14.3 Å². The molecule has 1 aliphatic heterocycles. The van der Waals surface area contributed by atoms with E-state index in [1.54, 1.807) is 26.2 Å². The molecule has 0 aromatic heterocycles. The number of hydrogen-bond donors (Lipinski definition) is 1. The van der Waals surface area contributed by atoms with Crippen LogP contribution in [0.4, 0.5) is 4.79 Å². The number of amides is 3. The van der Waals surface area contributed by atoms with Crippen LogP contribution in [0.2, 0.25) is 0 Å². The lowest BCUT2D eigenvalue weighted by Gasteiger charge is -2.21. The van der Waals surface area contributed by atoms with Crippen molar-refractivity contribution in [3.05, 3.63) is 77.9 Å². The largest absolute Gasteiger partial charge is 0.496 e. The summed E-state index contributed by atoms with van der Waals surface area (Å²) in [6.45, 7) is 1.68. The molecule has 1 fully saturated rings. The third kappa shape index (κ3) is 2.79. The maximum absolute atomic E-state index is 13.0. The predicted octanol–water partition coefficient (Wildman–Crippen LogP) is 3.65. The third-order valence-electron chi connectivity index (χ3n) is 4.97. The van der Waals surface area contributed by atoms with E-state index in [9.17, 15) is 9.59 Å². The number of hydrazone groups is 1. The Bertz CT molecular complexity index is 1090. The number of nitrogens with zero attached hydrogens (tertiary/aromatic N) is 2. The molecule has 1 saturated heterocycles. The van der Waals surface area contributed by atoms with Gasteiger partial charge in [-0.15, -0.1) is 5.01 Å². The molecule has 0 unspecified atom stereocenters. The maximum atomic E-state index is 13.0. The molecule has 1 N–H and O–H groups in total. The van der Waals surface area contributed by atoms with Crippen LogP contribution in [0.1, 0.15) is 18.1 Å². The number of imide groups is 1. The van der Waals surface area contributed by atoms with Gasteiger partial charge in [-0.3, -0.25) is 4.79 Å². The van der Waals surface area contributed by atoms with E-state index >= 15 is 0 Å². The van der Waals surface area contributed by atoms with Gasteiger partial charge in [0.05, 0.1) is 13.3 Å². The first-order valence-corrected chi connectivity index (χ1v) is 8.86.